The summed E-state index contributed by atoms with van der Waals surface area (Å²) in [6, 6.07) is 10.2. The van der Waals surface area contributed by atoms with Gasteiger partial charge in [0.1, 0.15) is 11.6 Å². The molecule has 1 heterocycles. The van der Waals surface area contributed by atoms with Crippen LogP contribution >= 0.6 is 23.4 Å². The number of aliphatic imine (C=N–C) groups is 1. The summed E-state index contributed by atoms with van der Waals surface area (Å²) in [5.74, 6) is -0.650. The predicted molar refractivity (Wildman–Crippen MR) is 90.3 cm³/mol. The Hall–Kier alpha value is -2.31. The molecule has 0 saturated carbocycles. The molecule has 0 bridgehead atoms. The van der Waals surface area contributed by atoms with Crippen LogP contribution in [0.2, 0.25) is 5.02 Å². The molecule has 7 heteroatoms. The van der Waals surface area contributed by atoms with E-state index in [9.17, 15) is 14.3 Å². The maximum Gasteiger partial charge on any atom is 0.264 e. The smallest absolute Gasteiger partial charge is 0.264 e. The first-order valence-electron chi connectivity index (χ1n) is 6.55. The van der Waals surface area contributed by atoms with E-state index in [0.717, 1.165) is 11.8 Å². The van der Waals surface area contributed by atoms with Gasteiger partial charge in [-0.25, -0.2) is 9.38 Å². The van der Waals surface area contributed by atoms with Gasteiger partial charge in [-0.15, -0.1) is 0 Å². The Labute approximate surface area is 140 Å². The molecule has 1 aliphatic heterocycles. The number of carbonyl (C=O) groups is 1. The Morgan fingerprint density at radius 2 is 1.96 bits per heavy atom. The highest BCUT2D eigenvalue weighted by Crippen LogP contribution is 2.31. The highest BCUT2D eigenvalue weighted by Gasteiger charge is 2.24. The fourth-order valence-electron chi connectivity index (χ4n) is 1.90. The molecule has 2 aromatic rings. The lowest BCUT2D eigenvalue weighted by atomic mass is 10.2. The van der Waals surface area contributed by atoms with Crippen molar-refractivity contribution in [1.29, 1.82) is 0 Å². The predicted octanol–water partition coefficient (Wildman–Crippen LogP) is 4.08. The van der Waals surface area contributed by atoms with Crippen LogP contribution in [0, 0.1) is 5.82 Å². The number of carbonyl (C=O) groups excluding carboxylic acids is 1. The zero-order chi connectivity index (χ0) is 16.4. The van der Waals surface area contributed by atoms with Gasteiger partial charge in [-0.1, -0.05) is 11.6 Å². The minimum atomic E-state index is -0.353. The molecular weight excluding hydrogens is 339 g/mol. The van der Waals surface area contributed by atoms with Gasteiger partial charge in [0.2, 0.25) is 0 Å². The molecule has 1 amide bonds. The number of phenols is 1. The van der Waals surface area contributed by atoms with E-state index in [4.69, 9.17) is 11.6 Å². The fourth-order valence-corrected chi connectivity index (χ4v) is 2.91. The number of halogens is 2. The fraction of sp³-hybridized carbons (Fsp3) is 0. The third-order valence-electron chi connectivity index (χ3n) is 2.98. The molecule has 3 rings (SSSR count). The molecule has 1 saturated heterocycles. The van der Waals surface area contributed by atoms with Crippen LogP contribution in [0.1, 0.15) is 5.56 Å². The van der Waals surface area contributed by atoms with Gasteiger partial charge < -0.3 is 10.4 Å². The van der Waals surface area contributed by atoms with Crippen LogP contribution in [0.25, 0.3) is 6.08 Å². The molecule has 4 nitrogen and oxygen atoms in total. The Bertz CT molecular complexity index is 834. The van der Waals surface area contributed by atoms with Crippen LogP contribution < -0.4 is 5.32 Å². The van der Waals surface area contributed by atoms with Crippen LogP contribution in [0.4, 0.5) is 10.1 Å². The van der Waals surface area contributed by atoms with Crippen molar-refractivity contribution in [3.63, 3.8) is 0 Å². The zero-order valence-corrected chi connectivity index (χ0v) is 13.2. The Kier molecular flexibility index (Phi) is 4.36. The largest absolute Gasteiger partial charge is 0.507 e. The van der Waals surface area contributed by atoms with Crippen molar-refractivity contribution in [3.8, 4) is 5.75 Å². The van der Waals surface area contributed by atoms with Gasteiger partial charge in [0.15, 0.2) is 5.17 Å². The molecule has 0 unspecified atom stereocenters. The summed E-state index contributed by atoms with van der Waals surface area (Å²) in [7, 11) is 0. The van der Waals surface area contributed by atoms with E-state index in [-0.39, 0.29) is 17.5 Å². The first kappa shape index (κ1) is 15.6. The Morgan fingerprint density at radius 1 is 1.22 bits per heavy atom. The van der Waals surface area contributed by atoms with E-state index in [0.29, 0.717) is 26.3 Å². The van der Waals surface area contributed by atoms with Gasteiger partial charge in [0.25, 0.3) is 5.91 Å². The van der Waals surface area contributed by atoms with Crippen molar-refractivity contribution in [2.75, 3.05) is 0 Å². The molecule has 1 fully saturated rings. The topological polar surface area (TPSA) is 61.7 Å². The average molecular weight is 349 g/mol. The number of hydrogen-bond acceptors (Lipinski definition) is 4. The summed E-state index contributed by atoms with van der Waals surface area (Å²) in [6.45, 7) is 0. The third kappa shape index (κ3) is 3.72. The second-order valence-electron chi connectivity index (χ2n) is 4.66. The summed E-state index contributed by atoms with van der Waals surface area (Å²) in [5.41, 5.74) is 0.972. The first-order chi connectivity index (χ1) is 11.0. The van der Waals surface area contributed by atoms with Crippen LogP contribution in [0.5, 0.6) is 5.75 Å². The number of rotatable bonds is 2. The van der Waals surface area contributed by atoms with Crippen molar-refractivity contribution in [2.24, 2.45) is 4.99 Å². The minimum Gasteiger partial charge on any atom is -0.507 e. The Morgan fingerprint density at radius 3 is 2.70 bits per heavy atom. The van der Waals surface area contributed by atoms with Crippen LogP contribution in [-0.2, 0) is 4.79 Å². The van der Waals surface area contributed by atoms with Gasteiger partial charge in [-0.05, 0) is 60.3 Å². The molecular formula is C16H10ClFN2O2S. The lowest BCUT2D eigenvalue weighted by Crippen LogP contribution is -2.19. The molecule has 0 radical (unpaired) electrons. The zero-order valence-electron chi connectivity index (χ0n) is 11.6. The van der Waals surface area contributed by atoms with E-state index in [1.807, 2.05) is 0 Å². The summed E-state index contributed by atoms with van der Waals surface area (Å²) in [5, 5.41) is 13.3. The number of nitrogens with one attached hydrogen (secondary N) is 1. The van der Waals surface area contributed by atoms with Gasteiger partial charge in [-0.2, -0.15) is 0 Å². The standard InChI is InChI=1S/C16H10ClFN2O2S/c17-10-1-6-13(21)9(7-10)8-14-15(22)20-16(23-14)19-12-4-2-11(18)3-5-12/h1-8,21H,(H,19,20,22)/b14-8+. The number of hydrogen-bond donors (Lipinski definition) is 2. The molecule has 0 aliphatic carbocycles. The maximum atomic E-state index is 12.9. The van der Waals surface area contributed by atoms with Gasteiger partial charge >= 0.3 is 0 Å². The van der Waals surface area contributed by atoms with Crippen LogP contribution in [0.15, 0.2) is 52.4 Å². The number of thioether (sulfide) groups is 1. The lowest BCUT2D eigenvalue weighted by molar-refractivity contribution is -0.115. The van der Waals surface area contributed by atoms with Crippen molar-refractivity contribution in [2.45, 2.75) is 0 Å². The van der Waals surface area contributed by atoms with Crippen molar-refractivity contribution >= 4 is 46.2 Å². The van der Waals surface area contributed by atoms with Crippen molar-refractivity contribution < 1.29 is 14.3 Å². The normalized spacial score (nSPS) is 17.7. The Balaban J connectivity index is 1.86. The molecule has 23 heavy (non-hydrogen) atoms. The second kappa shape index (κ2) is 6.44. The van der Waals surface area contributed by atoms with Crippen LogP contribution in [0.3, 0.4) is 0 Å². The average Bonchev–Trinajstić information content (AvgIpc) is 2.85. The lowest BCUT2D eigenvalue weighted by Gasteiger charge is -2.00. The highest BCUT2D eigenvalue weighted by molar-refractivity contribution is 8.18. The quantitative estimate of drug-likeness (QED) is 0.804. The number of phenolic OH excluding ortho intramolecular Hbond substituents is 1. The van der Waals surface area contributed by atoms with E-state index < -0.39 is 0 Å². The van der Waals surface area contributed by atoms with Gasteiger partial charge in [-0.3, -0.25) is 4.79 Å². The number of amides is 1. The minimum absolute atomic E-state index is 0.0271. The molecule has 0 spiro atoms. The van der Waals surface area contributed by atoms with Crippen molar-refractivity contribution in [1.82, 2.24) is 5.32 Å². The first-order valence-corrected chi connectivity index (χ1v) is 7.74. The van der Waals surface area contributed by atoms with Gasteiger partial charge in [0, 0.05) is 10.6 Å². The molecule has 2 aromatic carbocycles. The second-order valence-corrected chi connectivity index (χ2v) is 6.13. The van der Waals surface area contributed by atoms with E-state index in [2.05, 4.69) is 10.3 Å². The summed E-state index contributed by atoms with van der Waals surface area (Å²) >= 11 is 7.02. The van der Waals surface area contributed by atoms with E-state index >= 15 is 0 Å². The van der Waals surface area contributed by atoms with E-state index in [1.165, 1.54) is 36.4 Å². The monoisotopic (exact) mass is 348 g/mol. The van der Waals surface area contributed by atoms with Crippen LogP contribution in [-0.4, -0.2) is 16.2 Å². The summed E-state index contributed by atoms with van der Waals surface area (Å²) < 4.78 is 12.9. The number of benzene rings is 2. The molecule has 0 atom stereocenters. The summed E-state index contributed by atoms with van der Waals surface area (Å²) in [4.78, 5) is 16.6. The molecule has 0 aromatic heterocycles. The highest BCUT2D eigenvalue weighted by atomic mass is 35.5. The summed E-state index contributed by atoms with van der Waals surface area (Å²) in [6.07, 6.45) is 1.54. The number of aromatic hydroxyl groups is 1. The number of nitrogens with zero attached hydrogens (tertiary/aromatic N) is 1. The third-order valence-corrected chi connectivity index (χ3v) is 4.13. The number of amidine groups is 1. The maximum absolute atomic E-state index is 12.9. The SMILES string of the molecule is O=C1NC(=Nc2ccc(F)cc2)S/C1=C/c1cc(Cl)ccc1O. The molecule has 116 valence electrons. The van der Waals surface area contributed by atoms with Crippen molar-refractivity contribution in [3.05, 3.63) is 63.8 Å². The van der Waals surface area contributed by atoms with E-state index in [1.54, 1.807) is 12.1 Å². The molecule has 2 N–H and O–H groups in total. The van der Waals surface area contributed by atoms with Gasteiger partial charge in [0.05, 0.1) is 10.6 Å². The molecule has 1 aliphatic rings.